The van der Waals surface area contributed by atoms with Gasteiger partial charge in [-0.2, -0.15) is 0 Å². The van der Waals surface area contributed by atoms with Gasteiger partial charge in [0, 0.05) is 11.1 Å². The van der Waals surface area contributed by atoms with Gasteiger partial charge in [-0.25, -0.2) is 8.42 Å². The average Bonchev–Trinajstić information content (AvgIpc) is 2.71. The molecule has 6 heteroatoms. The maximum atomic E-state index is 12.5. The number of benzene rings is 1. The Bertz CT molecular complexity index is 610. The second-order valence-electron chi connectivity index (χ2n) is 5.88. The first-order chi connectivity index (χ1) is 9.78. The number of amides is 1. The van der Waals surface area contributed by atoms with Gasteiger partial charge < -0.3 is 5.32 Å². The Morgan fingerprint density at radius 2 is 1.90 bits per heavy atom. The van der Waals surface area contributed by atoms with Crippen molar-refractivity contribution in [3.63, 3.8) is 0 Å². The Morgan fingerprint density at radius 1 is 1.29 bits per heavy atom. The minimum absolute atomic E-state index is 0.0458. The topological polar surface area (TPSA) is 63.2 Å². The molecule has 0 aliphatic carbocycles. The predicted octanol–water partition coefficient (Wildman–Crippen LogP) is 2.38. The van der Waals surface area contributed by atoms with Crippen LogP contribution >= 0.6 is 11.6 Å². The van der Waals surface area contributed by atoms with Crippen molar-refractivity contribution in [2.45, 2.75) is 32.2 Å². The van der Waals surface area contributed by atoms with Crippen molar-refractivity contribution in [1.82, 2.24) is 5.32 Å². The van der Waals surface area contributed by atoms with Crippen LogP contribution in [0.25, 0.3) is 0 Å². The molecule has 1 saturated heterocycles. The van der Waals surface area contributed by atoms with Crippen molar-refractivity contribution in [2.24, 2.45) is 5.92 Å². The van der Waals surface area contributed by atoms with E-state index in [9.17, 15) is 13.2 Å². The van der Waals surface area contributed by atoms with E-state index in [1.54, 1.807) is 12.1 Å². The van der Waals surface area contributed by atoms with E-state index in [4.69, 9.17) is 11.6 Å². The molecule has 1 amide bonds. The van der Waals surface area contributed by atoms with Crippen molar-refractivity contribution in [3.05, 3.63) is 34.9 Å². The number of halogens is 1. The average molecular weight is 330 g/mol. The third kappa shape index (κ3) is 4.20. The normalized spacial score (nSPS) is 22.2. The van der Waals surface area contributed by atoms with E-state index in [-0.39, 0.29) is 35.3 Å². The Balaban J connectivity index is 2.11. The van der Waals surface area contributed by atoms with Gasteiger partial charge in [0.05, 0.1) is 17.4 Å². The highest BCUT2D eigenvalue weighted by Crippen LogP contribution is 2.26. The summed E-state index contributed by atoms with van der Waals surface area (Å²) < 4.78 is 22.9. The third-order valence-electron chi connectivity index (χ3n) is 3.76. The molecule has 2 rings (SSSR count). The molecule has 1 N–H and O–H groups in total. The number of hydrogen-bond acceptors (Lipinski definition) is 3. The SMILES string of the molecule is CC(C)[C@H](C(=O)N[C@@H]1CCS(=O)(=O)C1)c1ccc(Cl)cc1. The summed E-state index contributed by atoms with van der Waals surface area (Å²) in [6.45, 7) is 3.95. The lowest BCUT2D eigenvalue weighted by molar-refractivity contribution is -0.124. The van der Waals surface area contributed by atoms with E-state index < -0.39 is 9.84 Å². The lowest BCUT2D eigenvalue weighted by Gasteiger charge is -2.23. The quantitative estimate of drug-likeness (QED) is 0.922. The number of carbonyl (C=O) groups excluding carboxylic acids is 1. The van der Waals surface area contributed by atoms with Gasteiger partial charge in [0.25, 0.3) is 0 Å². The predicted molar refractivity (Wildman–Crippen MR) is 84.2 cm³/mol. The van der Waals surface area contributed by atoms with Gasteiger partial charge in [-0.1, -0.05) is 37.6 Å². The summed E-state index contributed by atoms with van der Waals surface area (Å²) in [5.41, 5.74) is 0.896. The summed E-state index contributed by atoms with van der Waals surface area (Å²) in [6, 6.07) is 6.95. The molecule has 2 atom stereocenters. The lowest BCUT2D eigenvalue weighted by Crippen LogP contribution is -2.40. The number of carbonyl (C=O) groups is 1. The molecule has 0 unspecified atom stereocenters. The molecule has 0 bridgehead atoms. The highest BCUT2D eigenvalue weighted by molar-refractivity contribution is 7.91. The van der Waals surface area contributed by atoms with Crippen LogP contribution in [0.2, 0.25) is 5.02 Å². The molecule has 0 saturated carbocycles. The summed E-state index contributed by atoms with van der Waals surface area (Å²) in [5.74, 6) is -0.0979. The van der Waals surface area contributed by atoms with Crippen molar-refractivity contribution in [3.8, 4) is 0 Å². The fourth-order valence-corrected chi connectivity index (χ4v) is 4.51. The fraction of sp³-hybridized carbons (Fsp3) is 0.533. The summed E-state index contributed by atoms with van der Waals surface area (Å²) in [4.78, 5) is 12.5. The Morgan fingerprint density at radius 3 is 2.38 bits per heavy atom. The molecule has 116 valence electrons. The van der Waals surface area contributed by atoms with Crippen LogP contribution in [0, 0.1) is 5.92 Å². The lowest BCUT2D eigenvalue weighted by atomic mass is 9.87. The number of hydrogen-bond donors (Lipinski definition) is 1. The van der Waals surface area contributed by atoms with E-state index >= 15 is 0 Å². The van der Waals surface area contributed by atoms with Crippen molar-refractivity contribution >= 4 is 27.3 Å². The van der Waals surface area contributed by atoms with Gasteiger partial charge in [0.15, 0.2) is 9.84 Å². The molecule has 1 aliphatic rings. The van der Waals surface area contributed by atoms with Crippen LogP contribution in [0.3, 0.4) is 0 Å². The monoisotopic (exact) mass is 329 g/mol. The van der Waals surface area contributed by atoms with Crippen LogP contribution in [0.5, 0.6) is 0 Å². The van der Waals surface area contributed by atoms with E-state index in [0.29, 0.717) is 11.4 Å². The van der Waals surface area contributed by atoms with Crippen LogP contribution in [0.4, 0.5) is 0 Å². The van der Waals surface area contributed by atoms with Gasteiger partial charge in [-0.15, -0.1) is 0 Å². The second kappa shape index (κ2) is 6.36. The highest BCUT2D eigenvalue weighted by atomic mass is 35.5. The molecule has 1 aliphatic heterocycles. The first-order valence-corrected chi connectivity index (χ1v) is 9.25. The Kier molecular flexibility index (Phi) is 4.94. The molecule has 1 aromatic carbocycles. The summed E-state index contributed by atoms with van der Waals surface area (Å²) in [7, 11) is -2.99. The zero-order chi connectivity index (χ0) is 15.6. The van der Waals surface area contributed by atoms with Gasteiger partial charge in [0.1, 0.15) is 0 Å². The zero-order valence-electron chi connectivity index (χ0n) is 12.2. The Labute approximate surface area is 130 Å². The minimum Gasteiger partial charge on any atom is -0.352 e. The van der Waals surface area contributed by atoms with Gasteiger partial charge in [-0.3, -0.25) is 4.79 Å². The van der Waals surface area contributed by atoms with Crippen molar-refractivity contribution < 1.29 is 13.2 Å². The zero-order valence-corrected chi connectivity index (χ0v) is 13.7. The third-order valence-corrected chi connectivity index (χ3v) is 5.78. The molecule has 1 aromatic rings. The van der Waals surface area contributed by atoms with Crippen LogP contribution in [-0.4, -0.2) is 31.9 Å². The standard InChI is InChI=1S/C15H20ClNO3S/c1-10(2)14(11-3-5-12(16)6-4-11)15(18)17-13-7-8-21(19,20)9-13/h3-6,10,13-14H,7-9H2,1-2H3,(H,17,18)/t13-,14+/m1/s1. The van der Waals surface area contributed by atoms with Gasteiger partial charge in [0.2, 0.25) is 5.91 Å². The maximum absolute atomic E-state index is 12.5. The fourth-order valence-electron chi connectivity index (χ4n) is 2.71. The molecule has 0 spiro atoms. The van der Waals surface area contributed by atoms with Crippen LogP contribution in [0.1, 0.15) is 31.7 Å². The summed E-state index contributed by atoms with van der Waals surface area (Å²) in [5, 5.41) is 3.51. The number of sulfone groups is 1. The minimum atomic E-state index is -2.99. The largest absolute Gasteiger partial charge is 0.352 e. The van der Waals surface area contributed by atoms with E-state index in [0.717, 1.165) is 5.56 Å². The van der Waals surface area contributed by atoms with Crippen molar-refractivity contribution in [2.75, 3.05) is 11.5 Å². The molecule has 21 heavy (non-hydrogen) atoms. The molecular weight excluding hydrogens is 310 g/mol. The smallest absolute Gasteiger partial charge is 0.228 e. The molecule has 0 radical (unpaired) electrons. The highest BCUT2D eigenvalue weighted by Gasteiger charge is 2.32. The summed E-state index contributed by atoms with van der Waals surface area (Å²) in [6.07, 6.45) is 0.500. The van der Waals surface area contributed by atoms with E-state index in [1.807, 2.05) is 26.0 Å². The Hall–Kier alpha value is -1.07. The van der Waals surface area contributed by atoms with Gasteiger partial charge in [-0.05, 0) is 30.0 Å². The second-order valence-corrected chi connectivity index (χ2v) is 8.55. The number of rotatable bonds is 4. The van der Waals surface area contributed by atoms with Gasteiger partial charge >= 0.3 is 0 Å². The van der Waals surface area contributed by atoms with E-state index in [2.05, 4.69) is 5.32 Å². The molecule has 1 heterocycles. The molecular formula is C15H20ClNO3S. The molecule has 0 aromatic heterocycles. The first kappa shape index (κ1) is 16.3. The first-order valence-electron chi connectivity index (χ1n) is 7.05. The van der Waals surface area contributed by atoms with Crippen LogP contribution < -0.4 is 5.32 Å². The van der Waals surface area contributed by atoms with Crippen LogP contribution in [0.15, 0.2) is 24.3 Å². The van der Waals surface area contributed by atoms with Crippen LogP contribution in [-0.2, 0) is 14.6 Å². The molecule has 4 nitrogen and oxygen atoms in total. The van der Waals surface area contributed by atoms with E-state index in [1.165, 1.54) is 0 Å². The maximum Gasteiger partial charge on any atom is 0.228 e. The molecule has 1 fully saturated rings. The van der Waals surface area contributed by atoms with Crippen molar-refractivity contribution in [1.29, 1.82) is 0 Å². The number of nitrogens with one attached hydrogen (secondary N) is 1. The summed E-state index contributed by atoms with van der Waals surface area (Å²) >= 11 is 5.88.